The van der Waals surface area contributed by atoms with Crippen molar-refractivity contribution in [3.8, 4) is 0 Å². The lowest BCUT2D eigenvalue weighted by molar-refractivity contribution is 0.102. The molecule has 0 aromatic carbocycles. The molecule has 0 radical (unpaired) electrons. The molecule has 0 saturated carbocycles. The highest BCUT2D eigenvalue weighted by molar-refractivity contribution is 4.50. The summed E-state index contributed by atoms with van der Waals surface area (Å²) in [6, 6.07) is 0. The van der Waals surface area contributed by atoms with E-state index in [4.69, 9.17) is 5.11 Å². The summed E-state index contributed by atoms with van der Waals surface area (Å²) in [5.74, 6) is 0. The highest BCUT2D eigenvalue weighted by Gasteiger charge is 1.97. The predicted octanol–water partition coefficient (Wildman–Crippen LogP) is 1.58. The van der Waals surface area contributed by atoms with Gasteiger partial charge in [-0.1, -0.05) is 0 Å². The molecule has 1 heteroatoms. The highest BCUT2D eigenvalue weighted by Crippen LogP contribution is 1.93. The molecule has 0 saturated heterocycles. The minimum atomic E-state index is -0.500. The zero-order chi connectivity index (χ0) is 6.50. The molecule has 7 heavy (non-hydrogen) atoms. The summed E-state index contributed by atoms with van der Waals surface area (Å²) < 4.78 is 0. The molecule has 0 bridgehead atoms. The molecule has 0 spiro atoms. The van der Waals surface area contributed by atoms with E-state index in [0.29, 0.717) is 0 Å². The van der Waals surface area contributed by atoms with Gasteiger partial charge in [-0.05, 0) is 20.8 Å². The van der Waals surface area contributed by atoms with Crippen molar-refractivity contribution in [2.24, 2.45) is 0 Å². The monoisotopic (exact) mass is 102 g/mol. The molecular formula is C6H14O. The number of aliphatic hydroxyl groups is 1. The van der Waals surface area contributed by atoms with Crippen LogP contribution in [0.2, 0.25) is 0 Å². The minimum Gasteiger partial charge on any atom is -0.391 e. The second kappa shape index (κ2) is 3.88. The van der Waals surface area contributed by atoms with Gasteiger partial charge in [0.15, 0.2) is 0 Å². The Bertz CT molecular complexity index is 27.9. The summed E-state index contributed by atoms with van der Waals surface area (Å²) in [6.07, 6.45) is 0. The van der Waals surface area contributed by atoms with E-state index in [1.807, 2.05) is 0 Å². The van der Waals surface area contributed by atoms with Crippen LogP contribution in [0.5, 0.6) is 0 Å². The largest absolute Gasteiger partial charge is 0.391 e. The molecule has 0 amide bonds. The molecular weight excluding hydrogens is 88.1 g/mol. The van der Waals surface area contributed by atoms with Gasteiger partial charge >= 0.3 is 0 Å². The van der Waals surface area contributed by atoms with Crippen molar-refractivity contribution in [3.05, 3.63) is 13.2 Å². The van der Waals surface area contributed by atoms with Crippen LogP contribution >= 0.6 is 0 Å². The van der Waals surface area contributed by atoms with Crippen molar-refractivity contribution in [1.82, 2.24) is 0 Å². The second-order valence-corrected chi connectivity index (χ2v) is 2.17. The molecule has 44 valence electrons. The standard InChI is InChI=1S/C4H10O.C2H4/c1-4(2,3)5;1-2/h5H,1-3H3;1-2H2. The summed E-state index contributed by atoms with van der Waals surface area (Å²) in [6.45, 7) is 11.2. The Morgan fingerprint density at radius 1 is 1.14 bits per heavy atom. The first-order chi connectivity index (χ1) is 3.00. The van der Waals surface area contributed by atoms with Gasteiger partial charge in [-0.2, -0.15) is 0 Å². The fourth-order valence-corrected chi connectivity index (χ4v) is 0. The van der Waals surface area contributed by atoms with Crippen molar-refractivity contribution in [3.63, 3.8) is 0 Å². The van der Waals surface area contributed by atoms with Crippen LogP contribution in [0, 0.1) is 0 Å². The molecule has 0 aromatic rings. The summed E-state index contributed by atoms with van der Waals surface area (Å²) in [5.41, 5.74) is -0.500. The fraction of sp³-hybridized carbons (Fsp3) is 0.667. The van der Waals surface area contributed by atoms with Crippen molar-refractivity contribution in [1.29, 1.82) is 0 Å². The Labute approximate surface area is 45.7 Å². The zero-order valence-corrected chi connectivity index (χ0v) is 5.36. The lowest BCUT2D eigenvalue weighted by Crippen LogP contribution is -2.10. The van der Waals surface area contributed by atoms with Crippen molar-refractivity contribution in [2.75, 3.05) is 0 Å². The third-order valence-corrected chi connectivity index (χ3v) is 0. The lowest BCUT2D eigenvalue weighted by atomic mass is 10.2. The Morgan fingerprint density at radius 2 is 1.14 bits per heavy atom. The van der Waals surface area contributed by atoms with Crippen LogP contribution in [0.4, 0.5) is 0 Å². The fourth-order valence-electron chi connectivity index (χ4n) is 0. The molecule has 0 atom stereocenters. The van der Waals surface area contributed by atoms with Gasteiger partial charge < -0.3 is 5.11 Å². The number of hydrogen-bond donors (Lipinski definition) is 1. The lowest BCUT2D eigenvalue weighted by Gasteiger charge is -2.04. The summed E-state index contributed by atoms with van der Waals surface area (Å²) in [7, 11) is 0. The number of hydrogen-bond acceptors (Lipinski definition) is 1. The molecule has 0 heterocycles. The van der Waals surface area contributed by atoms with Gasteiger partial charge in [0.1, 0.15) is 0 Å². The van der Waals surface area contributed by atoms with Gasteiger partial charge in [-0.3, -0.25) is 0 Å². The second-order valence-electron chi connectivity index (χ2n) is 2.17. The molecule has 0 aliphatic carbocycles. The van der Waals surface area contributed by atoms with E-state index in [0.717, 1.165) is 0 Å². The van der Waals surface area contributed by atoms with Crippen LogP contribution in [0.25, 0.3) is 0 Å². The molecule has 0 fully saturated rings. The summed E-state index contributed by atoms with van der Waals surface area (Å²) >= 11 is 0. The van der Waals surface area contributed by atoms with Crippen molar-refractivity contribution in [2.45, 2.75) is 26.4 Å². The Morgan fingerprint density at radius 3 is 1.14 bits per heavy atom. The first kappa shape index (κ1) is 9.85. The average Bonchev–Trinajstić information content (AvgIpc) is 1.36. The normalized spacial score (nSPS) is 9.14. The molecule has 0 aliphatic heterocycles. The maximum atomic E-state index is 8.52. The van der Waals surface area contributed by atoms with Gasteiger partial charge in [0.25, 0.3) is 0 Å². The quantitative estimate of drug-likeness (QED) is 0.460. The van der Waals surface area contributed by atoms with E-state index in [1.165, 1.54) is 0 Å². The zero-order valence-electron chi connectivity index (χ0n) is 5.36. The van der Waals surface area contributed by atoms with Gasteiger partial charge in [-0.25, -0.2) is 0 Å². The Balaban J connectivity index is 0. The van der Waals surface area contributed by atoms with E-state index < -0.39 is 5.60 Å². The smallest absolute Gasteiger partial charge is 0.0563 e. The van der Waals surface area contributed by atoms with Gasteiger partial charge in [0.2, 0.25) is 0 Å². The van der Waals surface area contributed by atoms with Gasteiger partial charge in [-0.15, -0.1) is 13.2 Å². The highest BCUT2D eigenvalue weighted by atomic mass is 16.3. The molecule has 1 nitrogen and oxygen atoms in total. The van der Waals surface area contributed by atoms with Crippen LogP contribution in [0.1, 0.15) is 20.8 Å². The summed E-state index contributed by atoms with van der Waals surface area (Å²) in [4.78, 5) is 0. The van der Waals surface area contributed by atoms with Crippen LogP contribution in [-0.4, -0.2) is 10.7 Å². The summed E-state index contributed by atoms with van der Waals surface area (Å²) in [5, 5.41) is 8.52. The first-order valence-corrected chi connectivity index (χ1v) is 2.22. The number of rotatable bonds is 0. The molecule has 0 unspecified atom stereocenters. The van der Waals surface area contributed by atoms with Crippen LogP contribution in [0.15, 0.2) is 13.2 Å². The minimum absolute atomic E-state index is 0.500. The third-order valence-electron chi connectivity index (χ3n) is 0. The van der Waals surface area contributed by atoms with Gasteiger partial charge in [0, 0.05) is 0 Å². The van der Waals surface area contributed by atoms with E-state index in [1.54, 1.807) is 20.8 Å². The topological polar surface area (TPSA) is 20.2 Å². The van der Waals surface area contributed by atoms with Crippen LogP contribution < -0.4 is 0 Å². The SMILES string of the molecule is C=C.CC(C)(C)O. The van der Waals surface area contributed by atoms with E-state index in [2.05, 4.69) is 13.2 Å². The van der Waals surface area contributed by atoms with Crippen molar-refractivity contribution >= 4 is 0 Å². The maximum absolute atomic E-state index is 8.52. The van der Waals surface area contributed by atoms with E-state index in [9.17, 15) is 0 Å². The first-order valence-electron chi connectivity index (χ1n) is 2.22. The molecule has 0 aromatic heterocycles. The Hall–Kier alpha value is -0.300. The van der Waals surface area contributed by atoms with Crippen molar-refractivity contribution < 1.29 is 5.11 Å². The van der Waals surface area contributed by atoms with E-state index in [-0.39, 0.29) is 0 Å². The molecule has 1 N–H and O–H groups in total. The van der Waals surface area contributed by atoms with E-state index >= 15 is 0 Å². The maximum Gasteiger partial charge on any atom is 0.0563 e. The predicted molar refractivity (Wildman–Crippen MR) is 33.2 cm³/mol. The van der Waals surface area contributed by atoms with Gasteiger partial charge in [0.05, 0.1) is 5.60 Å². The molecule has 0 rings (SSSR count). The van der Waals surface area contributed by atoms with Crippen LogP contribution in [0.3, 0.4) is 0 Å². The molecule has 0 aliphatic rings. The van der Waals surface area contributed by atoms with Crippen LogP contribution in [-0.2, 0) is 0 Å². The average molecular weight is 102 g/mol. The Kier molecular flexibility index (Phi) is 5.46. The third kappa shape index (κ3) is 867.